The third kappa shape index (κ3) is 3.51. The van der Waals surface area contributed by atoms with E-state index in [1.807, 2.05) is 36.4 Å². The third-order valence-electron chi connectivity index (χ3n) is 3.70. The Labute approximate surface area is 148 Å². The monoisotopic (exact) mass is 346 g/mol. The van der Waals surface area contributed by atoms with E-state index in [0.29, 0.717) is 35.0 Å². The molecule has 2 heterocycles. The van der Waals surface area contributed by atoms with E-state index < -0.39 is 0 Å². The molecule has 1 N–H and O–H groups in total. The number of nitrogens with zero attached hydrogens (tertiary/aromatic N) is 3. The van der Waals surface area contributed by atoms with Crippen molar-refractivity contribution in [2.24, 2.45) is 0 Å². The van der Waals surface area contributed by atoms with E-state index in [9.17, 15) is 4.79 Å². The molecule has 0 unspecified atom stereocenters. The van der Waals surface area contributed by atoms with Crippen LogP contribution in [0.3, 0.4) is 0 Å². The molecule has 0 bridgehead atoms. The van der Waals surface area contributed by atoms with Crippen molar-refractivity contribution in [1.82, 2.24) is 15.3 Å². The number of hydrogen-bond acceptors (Lipinski definition) is 6. The number of carbonyl (C=O) groups excluding carboxylic acids is 1. The van der Waals surface area contributed by atoms with Gasteiger partial charge in [0.1, 0.15) is 5.76 Å². The van der Waals surface area contributed by atoms with Gasteiger partial charge in [0.15, 0.2) is 5.82 Å². The summed E-state index contributed by atoms with van der Waals surface area (Å²) < 4.78 is 10.3. The molecule has 0 aliphatic rings. The molecule has 0 saturated heterocycles. The fourth-order valence-corrected chi connectivity index (χ4v) is 2.45. The van der Waals surface area contributed by atoms with Gasteiger partial charge in [-0.2, -0.15) is 4.98 Å². The number of carbonyl (C=O) groups is 1. The van der Waals surface area contributed by atoms with Crippen LogP contribution in [0.2, 0.25) is 0 Å². The highest BCUT2D eigenvalue weighted by molar-refractivity contribution is 6.04. The highest BCUT2D eigenvalue weighted by atomic mass is 16.5. The van der Waals surface area contributed by atoms with E-state index in [1.54, 1.807) is 30.5 Å². The topological polar surface area (TPSA) is 94.1 Å². The molecule has 0 radical (unpaired) electrons. The minimum atomic E-state index is -0.209. The molecule has 4 aromatic rings. The highest BCUT2D eigenvalue weighted by Crippen LogP contribution is 2.20. The zero-order valence-electron chi connectivity index (χ0n) is 13.6. The zero-order valence-corrected chi connectivity index (χ0v) is 13.6. The van der Waals surface area contributed by atoms with E-state index in [2.05, 4.69) is 20.6 Å². The van der Waals surface area contributed by atoms with Crippen molar-refractivity contribution in [2.45, 2.75) is 6.42 Å². The van der Waals surface area contributed by atoms with E-state index in [0.717, 1.165) is 5.69 Å². The molecule has 0 atom stereocenters. The van der Waals surface area contributed by atoms with Gasteiger partial charge >= 0.3 is 0 Å². The normalized spacial score (nSPS) is 10.6. The molecular weight excluding hydrogens is 332 g/mol. The molecule has 128 valence electrons. The fourth-order valence-electron chi connectivity index (χ4n) is 2.45. The molecule has 0 fully saturated rings. The van der Waals surface area contributed by atoms with Gasteiger partial charge in [-0.3, -0.25) is 4.79 Å². The van der Waals surface area contributed by atoms with Gasteiger partial charge in [0.05, 0.1) is 12.6 Å². The second-order valence-corrected chi connectivity index (χ2v) is 5.57. The summed E-state index contributed by atoms with van der Waals surface area (Å²) >= 11 is 0. The van der Waals surface area contributed by atoms with Gasteiger partial charge in [0, 0.05) is 22.9 Å². The van der Waals surface area contributed by atoms with Gasteiger partial charge in [-0.15, -0.1) is 0 Å². The van der Waals surface area contributed by atoms with Crippen LogP contribution in [0.4, 0.5) is 5.69 Å². The van der Waals surface area contributed by atoms with Crippen LogP contribution < -0.4 is 5.32 Å². The minimum absolute atomic E-state index is 0.209. The van der Waals surface area contributed by atoms with Gasteiger partial charge in [-0.1, -0.05) is 34.6 Å². The fraction of sp³-hybridized carbons (Fsp3) is 0.0526. The standard InChI is InChI=1S/C19H14N4O3/c24-18(21-15-7-2-1-3-8-15)13-5-4-6-14(11-13)19-22-17(23-26-19)12-16-9-10-20-25-16/h1-11H,12H2,(H,21,24). The molecule has 26 heavy (non-hydrogen) atoms. The minimum Gasteiger partial charge on any atom is -0.361 e. The second kappa shape index (κ2) is 7.02. The summed E-state index contributed by atoms with van der Waals surface area (Å²) in [5.74, 6) is 1.26. The van der Waals surface area contributed by atoms with Crippen molar-refractivity contribution in [3.63, 3.8) is 0 Å². The smallest absolute Gasteiger partial charge is 0.257 e. The van der Waals surface area contributed by atoms with Gasteiger partial charge in [-0.05, 0) is 30.3 Å². The van der Waals surface area contributed by atoms with Crippen molar-refractivity contribution in [2.75, 3.05) is 5.32 Å². The Bertz CT molecular complexity index is 1010. The van der Waals surface area contributed by atoms with Crippen LogP contribution in [0.25, 0.3) is 11.5 Å². The first-order valence-corrected chi connectivity index (χ1v) is 7.97. The van der Waals surface area contributed by atoms with Gasteiger partial charge < -0.3 is 14.4 Å². The van der Waals surface area contributed by atoms with Crippen LogP contribution in [0.5, 0.6) is 0 Å². The Morgan fingerprint density at radius 1 is 1.00 bits per heavy atom. The maximum atomic E-state index is 12.4. The summed E-state index contributed by atoms with van der Waals surface area (Å²) in [6.07, 6.45) is 1.95. The molecule has 0 saturated carbocycles. The summed E-state index contributed by atoms with van der Waals surface area (Å²) in [7, 11) is 0. The average Bonchev–Trinajstić information content (AvgIpc) is 3.35. The van der Waals surface area contributed by atoms with Crippen LogP contribution in [-0.4, -0.2) is 21.2 Å². The SMILES string of the molecule is O=C(Nc1ccccc1)c1cccc(-c2nc(Cc3ccno3)no2)c1. The highest BCUT2D eigenvalue weighted by Gasteiger charge is 2.13. The Kier molecular flexibility index (Phi) is 4.26. The molecule has 0 aliphatic heterocycles. The number of hydrogen-bond donors (Lipinski definition) is 1. The van der Waals surface area contributed by atoms with Crippen LogP contribution in [0.15, 0.2) is 75.9 Å². The van der Waals surface area contributed by atoms with Crippen LogP contribution in [-0.2, 0) is 6.42 Å². The van der Waals surface area contributed by atoms with Crippen molar-refractivity contribution in [3.05, 3.63) is 84.0 Å². The Hall–Kier alpha value is -3.74. The Morgan fingerprint density at radius 3 is 2.69 bits per heavy atom. The van der Waals surface area contributed by atoms with Crippen molar-refractivity contribution in [1.29, 1.82) is 0 Å². The number of aromatic nitrogens is 3. The molecule has 0 aliphatic carbocycles. The largest absolute Gasteiger partial charge is 0.361 e. The van der Waals surface area contributed by atoms with E-state index in [-0.39, 0.29) is 5.91 Å². The average molecular weight is 346 g/mol. The number of anilines is 1. The van der Waals surface area contributed by atoms with Crippen LogP contribution >= 0.6 is 0 Å². The summed E-state index contributed by atoms with van der Waals surface area (Å²) in [5, 5.41) is 10.4. The molecule has 2 aromatic heterocycles. The molecule has 7 heteroatoms. The summed E-state index contributed by atoms with van der Waals surface area (Å²) in [5.41, 5.74) is 1.90. The van der Waals surface area contributed by atoms with Gasteiger partial charge in [-0.25, -0.2) is 0 Å². The van der Waals surface area contributed by atoms with E-state index in [4.69, 9.17) is 9.05 Å². The maximum Gasteiger partial charge on any atom is 0.257 e. The number of amides is 1. The van der Waals surface area contributed by atoms with Gasteiger partial charge in [0.25, 0.3) is 11.8 Å². The lowest BCUT2D eigenvalue weighted by molar-refractivity contribution is 0.102. The predicted octanol–water partition coefficient (Wildman–Crippen LogP) is 3.57. The summed E-state index contributed by atoms with van der Waals surface area (Å²) in [4.78, 5) is 16.8. The molecule has 2 aromatic carbocycles. The summed E-state index contributed by atoms with van der Waals surface area (Å²) in [6, 6.07) is 18.0. The number of nitrogens with one attached hydrogen (secondary N) is 1. The van der Waals surface area contributed by atoms with E-state index in [1.165, 1.54) is 0 Å². The first kappa shape index (κ1) is 15.8. The van der Waals surface area contributed by atoms with Crippen molar-refractivity contribution in [3.8, 4) is 11.5 Å². The molecule has 1 amide bonds. The van der Waals surface area contributed by atoms with Crippen LogP contribution in [0, 0.1) is 0 Å². The van der Waals surface area contributed by atoms with Crippen molar-refractivity contribution < 1.29 is 13.8 Å². The Morgan fingerprint density at radius 2 is 1.88 bits per heavy atom. The zero-order chi connectivity index (χ0) is 17.8. The molecule has 0 spiro atoms. The lowest BCUT2D eigenvalue weighted by atomic mass is 10.1. The van der Waals surface area contributed by atoms with E-state index >= 15 is 0 Å². The lowest BCUT2D eigenvalue weighted by Gasteiger charge is -2.05. The molecular formula is C19H14N4O3. The first-order chi connectivity index (χ1) is 12.8. The quantitative estimate of drug-likeness (QED) is 0.594. The summed E-state index contributed by atoms with van der Waals surface area (Å²) in [6.45, 7) is 0. The Balaban J connectivity index is 1.52. The van der Waals surface area contributed by atoms with Crippen LogP contribution in [0.1, 0.15) is 21.9 Å². The third-order valence-corrected chi connectivity index (χ3v) is 3.70. The maximum absolute atomic E-state index is 12.4. The molecule has 4 rings (SSSR count). The number of para-hydroxylation sites is 1. The molecule has 7 nitrogen and oxygen atoms in total. The second-order valence-electron chi connectivity index (χ2n) is 5.57. The van der Waals surface area contributed by atoms with Gasteiger partial charge in [0.2, 0.25) is 0 Å². The lowest BCUT2D eigenvalue weighted by Crippen LogP contribution is -2.11. The predicted molar refractivity (Wildman–Crippen MR) is 93.4 cm³/mol. The number of rotatable bonds is 5. The van der Waals surface area contributed by atoms with Crippen molar-refractivity contribution >= 4 is 11.6 Å². The number of benzene rings is 2. The first-order valence-electron chi connectivity index (χ1n) is 7.97.